The molecule has 4 aromatic rings. The van der Waals surface area contributed by atoms with Crippen LogP contribution in [-0.4, -0.2) is 13.7 Å². The van der Waals surface area contributed by atoms with Gasteiger partial charge in [0.25, 0.3) is 0 Å². The molecule has 0 aliphatic carbocycles. The van der Waals surface area contributed by atoms with E-state index < -0.39 is 11.6 Å². The fraction of sp³-hybridized carbons (Fsp3) is 0.233. The second kappa shape index (κ2) is 11.2. The summed E-state index contributed by atoms with van der Waals surface area (Å²) < 4.78 is 49.1. The first-order chi connectivity index (χ1) is 17.0. The van der Waals surface area contributed by atoms with E-state index in [1.807, 2.05) is 30.3 Å². The summed E-state index contributed by atoms with van der Waals surface area (Å²) in [5.41, 5.74) is 3.81. The van der Waals surface area contributed by atoms with Crippen molar-refractivity contribution in [3.63, 3.8) is 0 Å². The van der Waals surface area contributed by atoms with Crippen LogP contribution in [-0.2, 0) is 36.8 Å². The summed E-state index contributed by atoms with van der Waals surface area (Å²) in [6.07, 6.45) is 2.35. The number of rotatable bonds is 9. The highest BCUT2D eigenvalue weighted by Crippen LogP contribution is 2.25. The van der Waals surface area contributed by atoms with Crippen molar-refractivity contribution in [2.75, 3.05) is 13.7 Å². The Balaban J connectivity index is 1.45. The van der Waals surface area contributed by atoms with E-state index >= 15 is 4.39 Å². The van der Waals surface area contributed by atoms with E-state index in [2.05, 4.69) is 6.07 Å². The van der Waals surface area contributed by atoms with Gasteiger partial charge in [0, 0.05) is 18.1 Å². The van der Waals surface area contributed by atoms with E-state index in [0.29, 0.717) is 54.4 Å². The Morgan fingerprint density at radius 3 is 2.09 bits per heavy atom. The molecule has 0 bridgehead atoms. The molecule has 0 aliphatic heterocycles. The molecule has 35 heavy (non-hydrogen) atoms. The Bertz CT molecular complexity index is 1350. The van der Waals surface area contributed by atoms with Gasteiger partial charge in [-0.1, -0.05) is 42.5 Å². The first-order valence-corrected chi connectivity index (χ1v) is 11.6. The number of nitriles is 1. The second-order valence-corrected chi connectivity index (χ2v) is 8.68. The predicted molar refractivity (Wildman–Crippen MR) is 132 cm³/mol. The van der Waals surface area contributed by atoms with E-state index in [9.17, 15) is 8.78 Å². The average molecular weight is 474 g/mol. The summed E-state index contributed by atoms with van der Waals surface area (Å²) >= 11 is 0. The van der Waals surface area contributed by atoms with Gasteiger partial charge in [0.2, 0.25) is 0 Å². The molecule has 0 saturated heterocycles. The molecule has 4 aromatic carbocycles. The molecule has 5 heteroatoms. The van der Waals surface area contributed by atoms with Crippen LogP contribution in [0.2, 0.25) is 0 Å². The first kappa shape index (κ1) is 24.5. The SMILES string of the molecule is COCCc1cc(F)c(CCc2ccc3c(F)c(CCc4ccc(C#N)cc4)ccc3c2)c(F)c1. The van der Waals surface area contributed by atoms with Crippen molar-refractivity contribution >= 4 is 10.8 Å². The Morgan fingerprint density at radius 1 is 0.714 bits per heavy atom. The molecule has 0 saturated carbocycles. The fourth-order valence-corrected chi connectivity index (χ4v) is 4.29. The smallest absolute Gasteiger partial charge is 0.134 e. The highest BCUT2D eigenvalue weighted by Gasteiger charge is 2.13. The van der Waals surface area contributed by atoms with E-state index in [1.54, 1.807) is 31.4 Å². The van der Waals surface area contributed by atoms with Crippen molar-refractivity contribution < 1.29 is 17.9 Å². The van der Waals surface area contributed by atoms with Crippen LogP contribution in [0, 0.1) is 28.8 Å². The lowest BCUT2D eigenvalue weighted by Crippen LogP contribution is -2.03. The number of fused-ring (bicyclic) bond motifs is 1. The van der Waals surface area contributed by atoms with Gasteiger partial charge < -0.3 is 4.74 Å². The molecular formula is C30H26F3NO. The molecule has 0 atom stereocenters. The van der Waals surface area contributed by atoms with Crippen molar-refractivity contribution in [3.05, 3.63) is 118 Å². The van der Waals surface area contributed by atoms with E-state index in [0.717, 1.165) is 16.5 Å². The zero-order chi connectivity index (χ0) is 24.8. The average Bonchev–Trinajstić information content (AvgIpc) is 2.87. The minimum Gasteiger partial charge on any atom is -0.384 e. The molecule has 2 nitrogen and oxygen atoms in total. The molecule has 0 N–H and O–H groups in total. The Morgan fingerprint density at radius 2 is 1.40 bits per heavy atom. The lowest BCUT2D eigenvalue weighted by atomic mass is 9.96. The summed E-state index contributed by atoms with van der Waals surface area (Å²) in [6.45, 7) is 0.406. The topological polar surface area (TPSA) is 33.0 Å². The third kappa shape index (κ3) is 5.90. The molecule has 0 amide bonds. The zero-order valence-corrected chi connectivity index (χ0v) is 19.6. The highest BCUT2D eigenvalue weighted by molar-refractivity contribution is 5.84. The zero-order valence-electron chi connectivity index (χ0n) is 19.6. The van der Waals surface area contributed by atoms with Crippen LogP contribution >= 0.6 is 0 Å². The number of aryl methyl sites for hydroxylation is 3. The van der Waals surface area contributed by atoms with Gasteiger partial charge in [-0.2, -0.15) is 5.26 Å². The Hall–Kier alpha value is -3.62. The van der Waals surface area contributed by atoms with Crippen LogP contribution in [0.25, 0.3) is 10.8 Å². The highest BCUT2D eigenvalue weighted by atomic mass is 19.1. The summed E-state index contributed by atoms with van der Waals surface area (Å²) in [7, 11) is 1.55. The summed E-state index contributed by atoms with van der Waals surface area (Å²) in [5, 5.41) is 10.2. The number of benzene rings is 4. The fourth-order valence-electron chi connectivity index (χ4n) is 4.29. The molecule has 4 rings (SSSR count). The monoisotopic (exact) mass is 473 g/mol. The maximum absolute atomic E-state index is 15.2. The van der Waals surface area contributed by atoms with Crippen LogP contribution in [0.4, 0.5) is 13.2 Å². The molecule has 0 spiro atoms. The number of nitrogens with zero attached hydrogens (tertiary/aromatic N) is 1. The van der Waals surface area contributed by atoms with Gasteiger partial charge in [0.05, 0.1) is 18.2 Å². The molecule has 0 radical (unpaired) electrons. The van der Waals surface area contributed by atoms with Crippen molar-refractivity contribution in [3.8, 4) is 6.07 Å². The molecule has 0 aliphatic rings. The van der Waals surface area contributed by atoms with E-state index in [1.165, 1.54) is 12.1 Å². The third-order valence-corrected chi connectivity index (χ3v) is 6.32. The van der Waals surface area contributed by atoms with Crippen LogP contribution in [0.5, 0.6) is 0 Å². The van der Waals surface area contributed by atoms with Crippen molar-refractivity contribution in [1.29, 1.82) is 5.26 Å². The molecule has 0 heterocycles. The van der Waals surface area contributed by atoms with Gasteiger partial charge in [-0.05, 0) is 84.0 Å². The molecule has 178 valence electrons. The largest absolute Gasteiger partial charge is 0.384 e. The standard InChI is InChI=1S/C30H26F3NO/c1-35-15-14-23-17-28(31)27(29(32)18-23)13-8-21-7-12-26-25(16-21)11-10-24(30(26)33)9-6-20-2-4-22(19-34)5-3-20/h2-5,7,10-12,16-18H,6,8-9,13-15H2,1H3. The van der Waals surface area contributed by atoms with Gasteiger partial charge in [-0.25, -0.2) is 13.2 Å². The van der Waals surface area contributed by atoms with Gasteiger partial charge in [-0.3, -0.25) is 0 Å². The maximum Gasteiger partial charge on any atom is 0.134 e. The van der Waals surface area contributed by atoms with Gasteiger partial charge in [-0.15, -0.1) is 0 Å². The van der Waals surface area contributed by atoms with Crippen LogP contribution < -0.4 is 0 Å². The minimum absolute atomic E-state index is 0.0654. The normalized spacial score (nSPS) is 11.1. The number of ether oxygens (including phenoxy) is 1. The second-order valence-electron chi connectivity index (χ2n) is 8.68. The van der Waals surface area contributed by atoms with Gasteiger partial charge >= 0.3 is 0 Å². The van der Waals surface area contributed by atoms with E-state index in [4.69, 9.17) is 10.00 Å². The van der Waals surface area contributed by atoms with Gasteiger partial charge in [0.15, 0.2) is 0 Å². The maximum atomic E-state index is 15.2. The number of hydrogen-bond donors (Lipinski definition) is 0. The van der Waals surface area contributed by atoms with Crippen LogP contribution in [0.15, 0.2) is 66.7 Å². The minimum atomic E-state index is -0.546. The number of halogens is 3. The van der Waals surface area contributed by atoms with Crippen molar-refractivity contribution in [1.82, 2.24) is 0 Å². The summed E-state index contributed by atoms with van der Waals surface area (Å²) in [6, 6.07) is 21.3. The predicted octanol–water partition coefficient (Wildman–Crippen LogP) is 6.89. The quantitative estimate of drug-likeness (QED) is 0.265. The Kier molecular flexibility index (Phi) is 7.84. The lowest BCUT2D eigenvalue weighted by molar-refractivity contribution is 0.202. The molecule has 0 aromatic heterocycles. The molecular weight excluding hydrogens is 447 g/mol. The van der Waals surface area contributed by atoms with Gasteiger partial charge in [0.1, 0.15) is 17.5 Å². The van der Waals surface area contributed by atoms with E-state index in [-0.39, 0.29) is 17.8 Å². The summed E-state index contributed by atoms with van der Waals surface area (Å²) in [4.78, 5) is 0. The van der Waals surface area contributed by atoms with Crippen molar-refractivity contribution in [2.24, 2.45) is 0 Å². The number of methoxy groups -OCH3 is 1. The lowest BCUT2D eigenvalue weighted by Gasteiger charge is -2.10. The Labute approximate surface area is 203 Å². The van der Waals surface area contributed by atoms with Crippen LogP contribution in [0.3, 0.4) is 0 Å². The van der Waals surface area contributed by atoms with Crippen LogP contribution in [0.1, 0.15) is 33.4 Å². The van der Waals surface area contributed by atoms with Crippen molar-refractivity contribution in [2.45, 2.75) is 32.1 Å². The number of hydrogen-bond acceptors (Lipinski definition) is 2. The first-order valence-electron chi connectivity index (χ1n) is 11.6. The summed E-state index contributed by atoms with van der Waals surface area (Å²) in [5.74, 6) is -1.34. The third-order valence-electron chi connectivity index (χ3n) is 6.32. The molecule has 0 fully saturated rings. The molecule has 0 unspecified atom stereocenters.